The van der Waals surface area contributed by atoms with Gasteiger partial charge in [-0.25, -0.2) is 0 Å². The molecule has 92 valence electrons. The summed E-state index contributed by atoms with van der Waals surface area (Å²) in [6, 6.07) is 7.87. The summed E-state index contributed by atoms with van der Waals surface area (Å²) in [7, 11) is 0. The molecule has 0 amide bonds. The predicted molar refractivity (Wildman–Crippen MR) is 68.7 cm³/mol. The number of carboxylic acid groups (broad SMARTS) is 1. The second kappa shape index (κ2) is 4.25. The van der Waals surface area contributed by atoms with Gasteiger partial charge < -0.3 is 9.90 Å². The third-order valence-corrected chi connectivity index (χ3v) is 4.56. The fourth-order valence-corrected chi connectivity index (χ4v) is 3.45. The molecule has 3 rings (SSSR count). The highest BCUT2D eigenvalue weighted by atomic mass is 32.2. The van der Waals surface area contributed by atoms with Gasteiger partial charge in [0, 0.05) is 5.25 Å². The minimum Gasteiger partial charge on any atom is -0.549 e. The highest BCUT2D eigenvalue weighted by molar-refractivity contribution is 8.00. The number of carbonyl (C=O) groups is 1. The SMILES string of the molecule is C[C@@H](Sc1nnc2sc3ccccc3n12)C(=O)[O-]. The van der Waals surface area contributed by atoms with Crippen molar-refractivity contribution in [1.82, 2.24) is 14.6 Å². The molecule has 0 saturated carbocycles. The Morgan fingerprint density at radius 2 is 2.22 bits per heavy atom. The van der Waals surface area contributed by atoms with Crippen molar-refractivity contribution in [2.75, 3.05) is 0 Å². The van der Waals surface area contributed by atoms with Crippen LogP contribution in [-0.2, 0) is 4.79 Å². The van der Waals surface area contributed by atoms with Crippen molar-refractivity contribution < 1.29 is 9.90 Å². The number of para-hydroxylation sites is 1. The fraction of sp³-hybridized carbons (Fsp3) is 0.182. The molecule has 0 radical (unpaired) electrons. The van der Waals surface area contributed by atoms with E-state index in [4.69, 9.17) is 0 Å². The maximum Gasteiger partial charge on any atom is 0.217 e. The summed E-state index contributed by atoms with van der Waals surface area (Å²) in [5, 5.41) is 18.8. The monoisotopic (exact) mass is 278 g/mol. The molecular formula is C11H8N3O2S2-. The summed E-state index contributed by atoms with van der Waals surface area (Å²) in [6.45, 7) is 1.58. The number of benzene rings is 1. The first-order valence-electron chi connectivity index (χ1n) is 5.27. The minimum absolute atomic E-state index is 0.583. The van der Waals surface area contributed by atoms with Crippen molar-refractivity contribution in [1.29, 1.82) is 0 Å². The fourth-order valence-electron chi connectivity index (χ4n) is 1.64. The quantitative estimate of drug-likeness (QED) is 0.673. The Labute approximate surface area is 110 Å². The average molecular weight is 278 g/mol. The number of rotatable bonds is 3. The summed E-state index contributed by atoms with van der Waals surface area (Å²) in [5.74, 6) is -1.10. The van der Waals surface area contributed by atoms with Gasteiger partial charge in [0.15, 0.2) is 5.16 Å². The third-order valence-electron chi connectivity index (χ3n) is 2.53. The Bertz CT molecular complexity index is 734. The van der Waals surface area contributed by atoms with Crippen LogP contribution in [0.3, 0.4) is 0 Å². The average Bonchev–Trinajstić information content (AvgIpc) is 2.89. The lowest BCUT2D eigenvalue weighted by Crippen LogP contribution is -2.31. The van der Waals surface area contributed by atoms with Crippen LogP contribution in [-0.4, -0.2) is 25.8 Å². The first-order valence-corrected chi connectivity index (χ1v) is 6.96. The summed E-state index contributed by atoms with van der Waals surface area (Å²) in [4.78, 5) is 11.5. The second-order valence-electron chi connectivity index (χ2n) is 3.75. The molecule has 0 N–H and O–H groups in total. The van der Waals surface area contributed by atoms with Gasteiger partial charge in [0.05, 0.1) is 16.2 Å². The number of hydrogen-bond acceptors (Lipinski definition) is 6. The first kappa shape index (κ1) is 11.5. The standard InChI is InChI=1S/C11H9N3O2S2/c1-6(9(15)16)17-10-12-13-11-14(10)7-4-2-3-5-8(7)18-11/h2-6H,1H3,(H,15,16)/p-1/t6-/m1/s1. The number of aliphatic carboxylic acids is 1. The van der Waals surface area contributed by atoms with Gasteiger partial charge in [0.25, 0.3) is 0 Å². The molecule has 0 unspecified atom stereocenters. The number of thiazole rings is 1. The first-order chi connectivity index (χ1) is 8.66. The zero-order valence-electron chi connectivity index (χ0n) is 9.36. The smallest absolute Gasteiger partial charge is 0.217 e. The number of thioether (sulfide) groups is 1. The molecule has 0 aliphatic rings. The van der Waals surface area contributed by atoms with Crippen LogP contribution < -0.4 is 5.11 Å². The number of carbonyl (C=O) groups excluding carboxylic acids is 1. The van der Waals surface area contributed by atoms with Gasteiger partial charge in [-0.3, -0.25) is 4.40 Å². The van der Waals surface area contributed by atoms with Crippen molar-refractivity contribution >= 4 is 44.2 Å². The molecule has 0 bridgehead atoms. The van der Waals surface area contributed by atoms with Gasteiger partial charge in [-0.15, -0.1) is 10.2 Å². The molecule has 2 aromatic heterocycles. The van der Waals surface area contributed by atoms with Crippen molar-refractivity contribution in [2.24, 2.45) is 0 Å². The number of nitrogens with zero attached hydrogens (tertiary/aromatic N) is 3. The summed E-state index contributed by atoms with van der Waals surface area (Å²) in [5.41, 5.74) is 0.996. The van der Waals surface area contributed by atoms with Crippen molar-refractivity contribution in [3.8, 4) is 0 Å². The van der Waals surface area contributed by atoms with Crippen LogP contribution in [0.25, 0.3) is 15.2 Å². The molecule has 0 fully saturated rings. The van der Waals surface area contributed by atoms with E-state index in [-0.39, 0.29) is 0 Å². The Morgan fingerprint density at radius 1 is 1.44 bits per heavy atom. The van der Waals surface area contributed by atoms with Gasteiger partial charge >= 0.3 is 0 Å². The van der Waals surface area contributed by atoms with Crippen LogP contribution in [0.1, 0.15) is 6.92 Å². The van der Waals surface area contributed by atoms with E-state index in [2.05, 4.69) is 10.2 Å². The summed E-state index contributed by atoms with van der Waals surface area (Å²) >= 11 is 2.67. The molecule has 1 aromatic carbocycles. The van der Waals surface area contributed by atoms with Gasteiger partial charge in [-0.2, -0.15) is 0 Å². The zero-order chi connectivity index (χ0) is 12.7. The number of aromatic nitrogens is 3. The van der Waals surface area contributed by atoms with E-state index in [0.29, 0.717) is 5.16 Å². The molecule has 2 heterocycles. The number of carboxylic acids is 1. The van der Waals surface area contributed by atoms with Gasteiger partial charge in [0.2, 0.25) is 4.96 Å². The molecule has 7 heteroatoms. The number of fused-ring (bicyclic) bond motifs is 3. The van der Waals surface area contributed by atoms with Gasteiger partial charge in [0.1, 0.15) is 0 Å². The highest BCUT2D eigenvalue weighted by Crippen LogP contribution is 2.30. The maximum atomic E-state index is 10.8. The van der Waals surface area contributed by atoms with Crippen LogP contribution in [0.5, 0.6) is 0 Å². The normalized spacial score (nSPS) is 13.2. The minimum atomic E-state index is -1.10. The van der Waals surface area contributed by atoms with E-state index in [1.807, 2.05) is 28.7 Å². The lowest BCUT2D eigenvalue weighted by atomic mass is 10.3. The zero-order valence-corrected chi connectivity index (χ0v) is 11.0. The molecule has 0 aliphatic carbocycles. The molecule has 5 nitrogen and oxygen atoms in total. The molecule has 18 heavy (non-hydrogen) atoms. The van der Waals surface area contributed by atoms with Gasteiger partial charge in [-0.05, 0) is 19.1 Å². The van der Waals surface area contributed by atoms with Crippen molar-refractivity contribution in [3.05, 3.63) is 24.3 Å². The largest absolute Gasteiger partial charge is 0.549 e. The second-order valence-corrected chi connectivity index (χ2v) is 6.07. The topological polar surface area (TPSA) is 70.3 Å². The van der Waals surface area contributed by atoms with Crippen molar-refractivity contribution in [3.63, 3.8) is 0 Å². The summed E-state index contributed by atoms with van der Waals surface area (Å²) < 4.78 is 2.98. The van der Waals surface area contributed by atoms with Crippen LogP contribution >= 0.6 is 23.1 Å². The maximum absolute atomic E-state index is 10.8. The Morgan fingerprint density at radius 3 is 3.00 bits per heavy atom. The highest BCUT2D eigenvalue weighted by Gasteiger charge is 2.15. The van der Waals surface area contributed by atoms with Crippen LogP contribution in [0.2, 0.25) is 0 Å². The predicted octanol–water partition coefficient (Wildman–Crippen LogP) is 1.17. The van der Waals surface area contributed by atoms with Crippen molar-refractivity contribution in [2.45, 2.75) is 17.3 Å². The Hall–Kier alpha value is -1.60. The molecule has 0 aliphatic heterocycles. The van der Waals surface area contributed by atoms with Gasteiger partial charge in [-0.1, -0.05) is 35.2 Å². The lowest BCUT2D eigenvalue weighted by Gasteiger charge is -2.09. The van der Waals surface area contributed by atoms with E-state index < -0.39 is 11.2 Å². The molecule has 0 saturated heterocycles. The van der Waals surface area contributed by atoms with E-state index >= 15 is 0 Å². The molecule has 3 aromatic rings. The lowest BCUT2D eigenvalue weighted by molar-refractivity contribution is -0.304. The Kier molecular flexibility index (Phi) is 2.71. The molecule has 1 atom stereocenters. The van der Waals surface area contributed by atoms with Crippen LogP contribution in [0.4, 0.5) is 0 Å². The van der Waals surface area contributed by atoms with E-state index in [1.54, 1.807) is 6.92 Å². The van der Waals surface area contributed by atoms with Crippen LogP contribution in [0, 0.1) is 0 Å². The van der Waals surface area contributed by atoms with Crippen LogP contribution in [0.15, 0.2) is 29.4 Å². The molecular weight excluding hydrogens is 270 g/mol. The van der Waals surface area contributed by atoms with E-state index in [0.717, 1.165) is 26.9 Å². The third kappa shape index (κ3) is 1.75. The summed E-state index contributed by atoms with van der Waals surface area (Å²) in [6.07, 6.45) is 0. The number of hydrogen-bond donors (Lipinski definition) is 0. The Balaban J connectivity index is 2.15. The molecule has 0 spiro atoms. The van der Waals surface area contributed by atoms with E-state index in [9.17, 15) is 9.90 Å². The van der Waals surface area contributed by atoms with E-state index in [1.165, 1.54) is 11.3 Å².